The average Bonchev–Trinajstić information content (AvgIpc) is 2.78. The molecule has 2 fully saturated rings. The lowest BCUT2D eigenvalue weighted by atomic mass is 9.81. The molecule has 3 aliphatic heterocycles. The molecule has 1 N–H and O–H groups in total. The number of thioether (sulfide) groups is 1. The summed E-state index contributed by atoms with van der Waals surface area (Å²) in [6.07, 6.45) is 2.48. The molecule has 0 radical (unpaired) electrons. The van der Waals surface area contributed by atoms with Crippen molar-refractivity contribution in [3.05, 3.63) is 10.6 Å². The molecule has 2 amide bonds. The van der Waals surface area contributed by atoms with Gasteiger partial charge in [-0.1, -0.05) is 13.8 Å². The molecule has 132 valence electrons. The third kappa shape index (κ3) is 2.62. The molecule has 0 aromatic rings. The van der Waals surface area contributed by atoms with E-state index in [9.17, 15) is 19.5 Å². The lowest BCUT2D eigenvalue weighted by Crippen LogP contribution is -2.60. The van der Waals surface area contributed by atoms with Crippen molar-refractivity contribution in [3.63, 3.8) is 0 Å². The summed E-state index contributed by atoms with van der Waals surface area (Å²) in [5.41, 5.74) is 0.196. The smallest absolute Gasteiger partial charge is 0.353 e. The van der Waals surface area contributed by atoms with Crippen molar-refractivity contribution in [1.82, 2.24) is 9.80 Å². The van der Waals surface area contributed by atoms with Crippen LogP contribution < -0.4 is 0 Å². The van der Waals surface area contributed by atoms with Gasteiger partial charge >= 0.3 is 5.97 Å². The first kappa shape index (κ1) is 17.3. The zero-order valence-corrected chi connectivity index (χ0v) is 15.1. The lowest BCUT2D eigenvalue weighted by Gasteiger charge is -2.44. The third-order valence-corrected chi connectivity index (χ3v) is 7.11. The van der Waals surface area contributed by atoms with Crippen LogP contribution in [0.15, 0.2) is 10.6 Å². The number of hydrogen-bond acceptors (Lipinski definition) is 4. The van der Waals surface area contributed by atoms with Crippen LogP contribution in [0.1, 0.15) is 40.0 Å². The highest BCUT2D eigenvalue weighted by molar-refractivity contribution is 8.03. The topological polar surface area (TPSA) is 77.9 Å². The molecule has 7 heteroatoms. The van der Waals surface area contributed by atoms with Gasteiger partial charge < -0.3 is 14.9 Å². The van der Waals surface area contributed by atoms with E-state index in [0.29, 0.717) is 5.25 Å². The molecule has 0 spiro atoms. The van der Waals surface area contributed by atoms with Gasteiger partial charge in [0, 0.05) is 36.1 Å². The number of rotatable bonds is 4. The van der Waals surface area contributed by atoms with E-state index < -0.39 is 5.97 Å². The highest BCUT2D eigenvalue weighted by Crippen LogP contribution is 2.51. The maximum absolute atomic E-state index is 12.3. The largest absolute Gasteiger partial charge is 0.477 e. The molecule has 0 saturated carbocycles. The van der Waals surface area contributed by atoms with Crippen LogP contribution >= 0.6 is 11.8 Å². The molecule has 24 heavy (non-hydrogen) atoms. The van der Waals surface area contributed by atoms with Gasteiger partial charge in [-0.25, -0.2) is 4.79 Å². The van der Waals surface area contributed by atoms with Gasteiger partial charge in [0.15, 0.2) is 0 Å². The van der Waals surface area contributed by atoms with Crippen LogP contribution in [0.3, 0.4) is 0 Å². The van der Waals surface area contributed by atoms with Crippen molar-refractivity contribution < 1.29 is 19.5 Å². The Kier molecular flexibility index (Phi) is 4.64. The van der Waals surface area contributed by atoms with E-state index in [2.05, 4.69) is 0 Å². The number of carbonyl (C=O) groups is 3. The quantitative estimate of drug-likeness (QED) is 0.782. The van der Waals surface area contributed by atoms with E-state index in [1.165, 1.54) is 4.90 Å². The zero-order chi connectivity index (χ0) is 17.6. The predicted octanol–water partition coefficient (Wildman–Crippen LogP) is 1.91. The fourth-order valence-electron chi connectivity index (χ4n) is 4.15. The van der Waals surface area contributed by atoms with Gasteiger partial charge in [0.1, 0.15) is 5.70 Å². The Bertz CT molecular complexity index is 610. The third-order valence-electron chi connectivity index (χ3n) is 5.49. The monoisotopic (exact) mass is 352 g/mol. The SMILES string of the molecule is CC[C@H]1C(=O)N2C(C(=O)O)=C(SC3CCN(C(C)=O)CC3)[C@H](C)[C@H]12. The number of aliphatic carboxylic acids is 1. The summed E-state index contributed by atoms with van der Waals surface area (Å²) in [4.78, 5) is 39.6. The van der Waals surface area contributed by atoms with E-state index >= 15 is 0 Å². The van der Waals surface area contributed by atoms with Crippen molar-refractivity contribution in [2.45, 2.75) is 51.3 Å². The molecule has 0 unspecified atom stereocenters. The van der Waals surface area contributed by atoms with Crippen LogP contribution in [0.5, 0.6) is 0 Å². The number of β-lactam (4-membered cyclic amide) rings is 1. The minimum Gasteiger partial charge on any atom is -0.477 e. The van der Waals surface area contributed by atoms with Crippen LogP contribution in [0, 0.1) is 11.8 Å². The van der Waals surface area contributed by atoms with Crippen LogP contribution in [0.4, 0.5) is 0 Å². The van der Waals surface area contributed by atoms with Gasteiger partial charge in [0.25, 0.3) is 0 Å². The Labute approximate surface area is 146 Å². The molecule has 0 aliphatic carbocycles. The van der Waals surface area contributed by atoms with Gasteiger partial charge in [-0.2, -0.15) is 0 Å². The summed E-state index contributed by atoms with van der Waals surface area (Å²) in [6.45, 7) is 7.05. The second kappa shape index (κ2) is 6.43. The highest BCUT2D eigenvalue weighted by Gasteiger charge is 2.57. The fourth-order valence-corrected chi connectivity index (χ4v) is 5.60. The number of nitrogens with zero attached hydrogens (tertiary/aromatic N) is 2. The zero-order valence-electron chi connectivity index (χ0n) is 14.3. The van der Waals surface area contributed by atoms with Gasteiger partial charge in [-0.05, 0) is 19.3 Å². The Balaban J connectivity index is 1.76. The van der Waals surface area contributed by atoms with Gasteiger partial charge in [0.05, 0.1) is 12.0 Å². The van der Waals surface area contributed by atoms with Gasteiger partial charge in [0.2, 0.25) is 11.8 Å². The summed E-state index contributed by atoms with van der Waals surface area (Å²) in [7, 11) is 0. The number of carbonyl (C=O) groups excluding carboxylic acids is 2. The van der Waals surface area contributed by atoms with Crippen molar-refractivity contribution in [2.75, 3.05) is 13.1 Å². The summed E-state index contributed by atoms with van der Waals surface area (Å²) in [5, 5.41) is 9.93. The van der Waals surface area contributed by atoms with E-state index in [0.717, 1.165) is 37.3 Å². The molecule has 3 rings (SSSR count). The second-order valence-electron chi connectivity index (χ2n) is 6.84. The molecule has 0 aromatic heterocycles. The van der Waals surface area contributed by atoms with Crippen molar-refractivity contribution in [3.8, 4) is 0 Å². The molecule has 0 bridgehead atoms. The molecule has 3 heterocycles. The summed E-state index contributed by atoms with van der Waals surface area (Å²) >= 11 is 1.62. The number of carboxylic acid groups (broad SMARTS) is 1. The molecule has 2 saturated heterocycles. The second-order valence-corrected chi connectivity index (χ2v) is 8.19. The first-order valence-corrected chi connectivity index (χ1v) is 9.47. The molecule has 0 aromatic carbocycles. The number of likely N-dealkylation sites (tertiary alicyclic amines) is 1. The minimum atomic E-state index is -1.00. The summed E-state index contributed by atoms with van der Waals surface area (Å²) in [5.74, 6) is -0.926. The Morgan fingerprint density at radius 2 is 1.92 bits per heavy atom. The molecule has 6 nitrogen and oxygen atoms in total. The fraction of sp³-hybridized carbons (Fsp3) is 0.706. The molecular formula is C17H24N2O4S. The van der Waals surface area contributed by atoms with Crippen molar-refractivity contribution in [1.29, 1.82) is 0 Å². The molecule has 3 atom stereocenters. The lowest BCUT2D eigenvalue weighted by molar-refractivity contribution is -0.156. The summed E-state index contributed by atoms with van der Waals surface area (Å²) in [6, 6.07) is 0.00779. The minimum absolute atomic E-state index is 0.00779. The maximum Gasteiger partial charge on any atom is 0.353 e. The predicted molar refractivity (Wildman–Crippen MR) is 91.1 cm³/mol. The van der Waals surface area contributed by atoms with Crippen LogP contribution in [0.2, 0.25) is 0 Å². The standard InChI is InChI=1S/C17H24N2O4S/c1-4-12-13-9(2)15(14(17(22)23)19(13)16(12)21)24-11-5-7-18(8-6-11)10(3)20/h9,11-13H,4-8H2,1-3H3,(H,22,23)/t9-,12-,13-/m1/s1. The number of amides is 2. The first-order valence-electron chi connectivity index (χ1n) is 8.59. The Morgan fingerprint density at radius 1 is 1.29 bits per heavy atom. The van der Waals surface area contributed by atoms with Gasteiger partial charge in [-0.3, -0.25) is 9.59 Å². The van der Waals surface area contributed by atoms with Crippen LogP contribution in [0.25, 0.3) is 0 Å². The maximum atomic E-state index is 12.3. The molecular weight excluding hydrogens is 328 g/mol. The van der Waals surface area contributed by atoms with Crippen LogP contribution in [-0.4, -0.2) is 57.1 Å². The van der Waals surface area contributed by atoms with E-state index in [4.69, 9.17) is 0 Å². The van der Waals surface area contributed by atoms with Crippen LogP contribution in [-0.2, 0) is 14.4 Å². The number of hydrogen-bond donors (Lipinski definition) is 1. The highest BCUT2D eigenvalue weighted by atomic mass is 32.2. The van der Waals surface area contributed by atoms with Gasteiger partial charge in [-0.15, -0.1) is 11.8 Å². The normalized spacial score (nSPS) is 30.5. The average molecular weight is 352 g/mol. The Morgan fingerprint density at radius 3 is 2.42 bits per heavy atom. The van der Waals surface area contributed by atoms with Crippen molar-refractivity contribution in [2.24, 2.45) is 11.8 Å². The summed E-state index contributed by atoms with van der Waals surface area (Å²) < 4.78 is 0. The molecule has 3 aliphatic rings. The van der Waals surface area contributed by atoms with E-state index in [1.54, 1.807) is 18.7 Å². The van der Waals surface area contributed by atoms with E-state index in [-0.39, 0.29) is 35.4 Å². The first-order chi connectivity index (χ1) is 11.4. The Hall–Kier alpha value is -1.50. The van der Waals surface area contributed by atoms with E-state index in [1.807, 2.05) is 18.7 Å². The van der Waals surface area contributed by atoms with Crippen molar-refractivity contribution >= 4 is 29.5 Å². The number of fused-ring (bicyclic) bond motifs is 1. The number of piperidine rings is 1. The number of carboxylic acids is 1.